The van der Waals surface area contributed by atoms with E-state index in [2.05, 4.69) is 10.1 Å². The number of allylic oxidation sites excluding steroid dienone is 1. The fourth-order valence-electron chi connectivity index (χ4n) is 2.87. The molecular weight excluding hydrogens is 403 g/mol. The van der Waals surface area contributed by atoms with Gasteiger partial charge < -0.3 is 9.52 Å². The van der Waals surface area contributed by atoms with Crippen LogP contribution in [0.4, 0.5) is 18.3 Å². The summed E-state index contributed by atoms with van der Waals surface area (Å²) in [5.41, 5.74) is -0.752. The van der Waals surface area contributed by atoms with Gasteiger partial charge in [0.1, 0.15) is 5.76 Å². The highest BCUT2D eigenvalue weighted by Gasteiger charge is 2.62. The van der Waals surface area contributed by atoms with Gasteiger partial charge in [0.15, 0.2) is 0 Å². The third-order valence-electron chi connectivity index (χ3n) is 4.46. The molecule has 150 valence electrons. The maximum atomic E-state index is 13.7. The molecule has 0 fully saturated rings. The quantitative estimate of drug-likeness (QED) is 0.628. The van der Waals surface area contributed by atoms with Crippen LogP contribution in [0.25, 0.3) is 17.3 Å². The van der Waals surface area contributed by atoms with Crippen LogP contribution in [0.3, 0.4) is 0 Å². The van der Waals surface area contributed by atoms with Gasteiger partial charge in [-0.25, -0.2) is 4.98 Å². The van der Waals surface area contributed by atoms with E-state index in [-0.39, 0.29) is 10.8 Å². The molecule has 0 saturated heterocycles. The molecule has 3 aromatic rings. The zero-order valence-electron chi connectivity index (χ0n) is 15.2. The van der Waals surface area contributed by atoms with Crippen LogP contribution >= 0.6 is 11.3 Å². The normalized spacial score (nSPS) is 19.9. The predicted octanol–water partition coefficient (Wildman–Crippen LogP) is 5.24. The standard InChI is InChI=1S/C20H16F3N3O2S/c1-13-4-6-14(7-5-13)17-12-29-18(24-17)26-19(27,20(21,22)23)11-15(25-26)8-9-16-3-2-10-28-16/h2-10,12,27H,11H2,1H3/b9-8+. The number of benzene rings is 1. The average Bonchev–Trinajstić information content (AvgIpc) is 3.40. The summed E-state index contributed by atoms with van der Waals surface area (Å²) in [4.78, 5) is 4.28. The number of aryl methyl sites for hydroxylation is 1. The molecule has 0 spiro atoms. The lowest BCUT2D eigenvalue weighted by Crippen LogP contribution is -2.55. The lowest BCUT2D eigenvalue weighted by molar-refractivity contribution is -0.254. The highest BCUT2D eigenvalue weighted by Crippen LogP contribution is 2.44. The van der Waals surface area contributed by atoms with Crippen molar-refractivity contribution in [3.8, 4) is 11.3 Å². The first kappa shape index (κ1) is 19.4. The number of anilines is 1. The number of alkyl halides is 3. The van der Waals surface area contributed by atoms with Gasteiger partial charge in [-0.3, -0.25) is 0 Å². The van der Waals surface area contributed by atoms with Crippen LogP contribution in [0, 0.1) is 6.92 Å². The summed E-state index contributed by atoms with van der Waals surface area (Å²) in [6, 6.07) is 10.8. The third kappa shape index (κ3) is 3.70. The maximum Gasteiger partial charge on any atom is 0.438 e. The van der Waals surface area contributed by atoms with Gasteiger partial charge in [0.05, 0.1) is 24.1 Å². The van der Waals surface area contributed by atoms with Gasteiger partial charge in [0.2, 0.25) is 5.13 Å². The molecular formula is C20H16F3N3O2S. The van der Waals surface area contributed by atoms with E-state index in [9.17, 15) is 18.3 Å². The van der Waals surface area contributed by atoms with Crippen molar-refractivity contribution >= 4 is 28.3 Å². The second-order valence-corrected chi connectivity index (χ2v) is 7.46. The minimum atomic E-state index is -4.92. The molecule has 9 heteroatoms. The van der Waals surface area contributed by atoms with Crippen molar-refractivity contribution in [1.29, 1.82) is 0 Å². The van der Waals surface area contributed by atoms with Crippen molar-refractivity contribution in [2.24, 2.45) is 5.10 Å². The van der Waals surface area contributed by atoms with Gasteiger partial charge >= 0.3 is 6.18 Å². The van der Waals surface area contributed by atoms with Crippen molar-refractivity contribution in [3.63, 3.8) is 0 Å². The highest BCUT2D eigenvalue weighted by molar-refractivity contribution is 7.14. The van der Waals surface area contributed by atoms with Crippen molar-refractivity contribution in [2.45, 2.75) is 25.2 Å². The molecule has 0 bridgehead atoms. The van der Waals surface area contributed by atoms with E-state index in [0.29, 0.717) is 16.5 Å². The van der Waals surface area contributed by atoms with Crippen molar-refractivity contribution < 1.29 is 22.7 Å². The summed E-state index contributed by atoms with van der Waals surface area (Å²) in [6.07, 6.45) is -1.29. The molecule has 0 radical (unpaired) electrons. The van der Waals surface area contributed by atoms with Crippen LogP contribution in [-0.4, -0.2) is 27.7 Å². The Kier molecular flexibility index (Phi) is 4.79. The second kappa shape index (κ2) is 7.16. The van der Waals surface area contributed by atoms with Gasteiger partial charge in [-0.2, -0.15) is 23.3 Å². The van der Waals surface area contributed by atoms with Crippen LogP contribution in [0.2, 0.25) is 0 Å². The first-order chi connectivity index (χ1) is 13.8. The lowest BCUT2D eigenvalue weighted by atomic mass is 10.1. The summed E-state index contributed by atoms with van der Waals surface area (Å²) in [5.74, 6) is 0.470. The third-order valence-corrected chi connectivity index (χ3v) is 5.28. The topological polar surface area (TPSA) is 61.9 Å². The van der Waals surface area contributed by atoms with Crippen LogP contribution in [0.15, 0.2) is 63.6 Å². The molecule has 1 aliphatic heterocycles. The molecule has 2 aromatic heterocycles. The Bertz CT molecular complexity index is 1060. The number of furan rings is 1. The van der Waals surface area contributed by atoms with Crippen molar-refractivity contribution in [3.05, 3.63) is 65.4 Å². The number of hydrazone groups is 1. The first-order valence-corrected chi connectivity index (χ1v) is 9.55. The fraction of sp³-hybridized carbons (Fsp3) is 0.200. The smallest absolute Gasteiger partial charge is 0.438 e. The van der Waals surface area contributed by atoms with E-state index in [1.807, 2.05) is 31.2 Å². The van der Waals surface area contributed by atoms with E-state index >= 15 is 0 Å². The Morgan fingerprint density at radius 3 is 2.62 bits per heavy atom. The summed E-state index contributed by atoms with van der Waals surface area (Å²) >= 11 is 0.987. The first-order valence-electron chi connectivity index (χ1n) is 8.67. The number of nitrogens with zero attached hydrogens (tertiary/aromatic N) is 3. The molecule has 29 heavy (non-hydrogen) atoms. The monoisotopic (exact) mass is 419 g/mol. The summed E-state index contributed by atoms with van der Waals surface area (Å²) in [6.45, 7) is 1.94. The molecule has 5 nitrogen and oxygen atoms in total. The number of thiazole rings is 1. The minimum Gasteiger partial charge on any atom is -0.465 e. The van der Waals surface area contributed by atoms with Crippen LogP contribution < -0.4 is 5.01 Å². The van der Waals surface area contributed by atoms with E-state index in [1.165, 1.54) is 18.4 Å². The number of halogens is 3. The highest BCUT2D eigenvalue weighted by atomic mass is 32.1. The lowest BCUT2D eigenvalue weighted by Gasteiger charge is -2.32. The molecule has 1 aromatic carbocycles. The van der Waals surface area contributed by atoms with E-state index in [4.69, 9.17) is 4.42 Å². The fourth-order valence-corrected chi connectivity index (χ4v) is 3.72. The number of aromatic nitrogens is 1. The molecule has 0 amide bonds. The summed E-state index contributed by atoms with van der Waals surface area (Å²) in [7, 11) is 0. The zero-order chi connectivity index (χ0) is 20.6. The zero-order valence-corrected chi connectivity index (χ0v) is 16.0. The molecule has 4 rings (SSSR count). The van der Waals surface area contributed by atoms with E-state index < -0.39 is 18.3 Å². The van der Waals surface area contributed by atoms with Gasteiger partial charge in [0, 0.05) is 10.9 Å². The SMILES string of the molecule is Cc1ccc(-c2csc(N3N=C(/C=C/c4ccco4)CC3(O)C(F)(F)F)n2)cc1. The number of hydrogen-bond donors (Lipinski definition) is 1. The van der Waals surface area contributed by atoms with E-state index in [1.54, 1.807) is 17.5 Å². The van der Waals surface area contributed by atoms with E-state index in [0.717, 1.165) is 22.5 Å². The Morgan fingerprint density at radius 2 is 1.97 bits per heavy atom. The van der Waals surface area contributed by atoms with Gasteiger partial charge in [-0.05, 0) is 31.2 Å². The van der Waals surface area contributed by atoms with Gasteiger partial charge in [0.25, 0.3) is 5.72 Å². The van der Waals surface area contributed by atoms with Crippen LogP contribution in [0.5, 0.6) is 0 Å². The van der Waals surface area contributed by atoms with Gasteiger partial charge in [-0.1, -0.05) is 29.8 Å². The largest absolute Gasteiger partial charge is 0.465 e. The van der Waals surface area contributed by atoms with Crippen molar-refractivity contribution in [2.75, 3.05) is 5.01 Å². The maximum absolute atomic E-state index is 13.7. The molecule has 3 heterocycles. The molecule has 1 N–H and O–H groups in total. The van der Waals surface area contributed by atoms with Crippen LogP contribution in [-0.2, 0) is 0 Å². The average molecular weight is 419 g/mol. The Morgan fingerprint density at radius 1 is 1.21 bits per heavy atom. The Labute approximate surface area is 168 Å². The number of hydrogen-bond acceptors (Lipinski definition) is 6. The minimum absolute atomic E-state index is 0.0400. The number of rotatable bonds is 4. The molecule has 0 aliphatic carbocycles. The van der Waals surface area contributed by atoms with Crippen molar-refractivity contribution in [1.82, 2.24) is 4.98 Å². The summed E-state index contributed by atoms with van der Waals surface area (Å²) < 4.78 is 46.3. The molecule has 1 unspecified atom stereocenters. The predicted molar refractivity (Wildman–Crippen MR) is 106 cm³/mol. The Balaban J connectivity index is 1.67. The molecule has 1 atom stereocenters. The molecule has 0 saturated carbocycles. The second-order valence-electron chi connectivity index (χ2n) is 6.62. The van der Waals surface area contributed by atoms with Gasteiger partial charge in [-0.15, -0.1) is 11.3 Å². The number of aliphatic hydroxyl groups is 1. The Hall–Kier alpha value is -2.91. The molecule has 1 aliphatic rings. The van der Waals surface area contributed by atoms with Crippen LogP contribution in [0.1, 0.15) is 17.7 Å². The summed E-state index contributed by atoms with van der Waals surface area (Å²) in [5, 5.41) is 16.6.